The van der Waals surface area contributed by atoms with E-state index in [1.165, 1.54) is 12.5 Å². The van der Waals surface area contributed by atoms with Gasteiger partial charge in [0.25, 0.3) is 10.0 Å². The third kappa shape index (κ3) is 4.71. The molecule has 2 aliphatic carbocycles. The maximum atomic E-state index is 13.2. The summed E-state index contributed by atoms with van der Waals surface area (Å²) in [6, 6.07) is 7.91. The van der Waals surface area contributed by atoms with E-state index in [1.54, 1.807) is 30.3 Å². The SMILES string of the molecule is Cc1ccc(S(=O)(=O)n2ccc3c(N(C)[C@H]4C[C@@H](NS(=O)(=O)CC5CC(F)(F)C5)C4)ncnc32)cc1. The second-order valence-electron chi connectivity index (χ2n) is 9.83. The molecule has 3 aromatic rings. The third-order valence-electron chi connectivity index (χ3n) is 6.98. The van der Waals surface area contributed by atoms with E-state index in [0.29, 0.717) is 24.0 Å². The lowest BCUT2D eigenvalue weighted by molar-refractivity contribution is -0.103. The van der Waals surface area contributed by atoms with E-state index < -0.39 is 31.9 Å². The summed E-state index contributed by atoms with van der Waals surface area (Å²) < 4.78 is 80.9. The molecule has 0 atom stereocenters. The Morgan fingerprint density at radius 2 is 1.75 bits per heavy atom. The highest BCUT2D eigenvalue weighted by atomic mass is 32.2. The van der Waals surface area contributed by atoms with Crippen molar-refractivity contribution < 1.29 is 25.6 Å². The molecule has 2 fully saturated rings. The molecule has 0 spiro atoms. The van der Waals surface area contributed by atoms with E-state index in [0.717, 1.165) is 9.54 Å². The molecule has 0 radical (unpaired) electrons. The Morgan fingerprint density at radius 1 is 1.08 bits per heavy atom. The van der Waals surface area contributed by atoms with Crippen molar-refractivity contribution in [2.75, 3.05) is 17.7 Å². The second kappa shape index (κ2) is 8.73. The summed E-state index contributed by atoms with van der Waals surface area (Å²) >= 11 is 0. The smallest absolute Gasteiger partial charge is 0.269 e. The van der Waals surface area contributed by atoms with Gasteiger partial charge in [-0.2, -0.15) is 0 Å². The minimum Gasteiger partial charge on any atom is -0.356 e. The van der Waals surface area contributed by atoms with Gasteiger partial charge >= 0.3 is 0 Å². The molecular formula is C23H27F2N5O4S2. The van der Waals surface area contributed by atoms with Crippen LogP contribution in [0.3, 0.4) is 0 Å². The summed E-state index contributed by atoms with van der Waals surface area (Å²) in [4.78, 5) is 10.6. The van der Waals surface area contributed by atoms with Crippen molar-refractivity contribution in [3.05, 3.63) is 48.4 Å². The molecule has 36 heavy (non-hydrogen) atoms. The number of fused-ring (bicyclic) bond motifs is 1. The normalized spacial score (nSPS) is 22.2. The zero-order chi connectivity index (χ0) is 25.9. The first-order valence-corrected chi connectivity index (χ1v) is 14.7. The van der Waals surface area contributed by atoms with Gasteiger partial charge in [0.2, 0.25) is 15.9 Å². The van der Waals surface area contributed by atoms with E-state index in [-0.39, 0.29) is 41.2 Å². The zero-order valence-electron chi connectivity index (χ0n) is 19.8. The molecule has 1 aromatic carbocycles. The van der Waals surface area contributed by atoms with Gasteiger partial charge in [0.05, 0.1) is 16.0 Å². The number of aryl methyl sites for hydroxylation is 1. The monoisotopic (exact) mass is 539 g/mol. The van der Waals surface area contributed by atoms with E-state index in [2.05, 4.69) is 14.7 Å². The highest BCUT2D eigenvalue weighted by Gasteiger charge is 2.47. The highest BCUT2D eigenvalue weighted by Crippen LogP contribution is 2.43. The molecule has 194 valence electrons. The Labute approximate surface area is 208 Å². The highest BCUT2D eigenvalue weighted by molar-refractivity contribution is 7.90. The van der Waals surface area contributed by atoms with Gasteiger partial charge < -0.3 is 4.90 Å². The fraction of sp³-hybridized carbons (Fsp3) is 0.478. The number of nitrogens with one attached hydrogen (secondary N) is 1. The lowest BCUT2D eigenvalue weighted by Crippen LogP contribution is -2.54. The number of nitrogens with zero attached hydrogens (tertiary/aromatic N) is 4. The van der Waals surface area contributed by atoms with Crippen molar-refractivity contribution in [2.45, 2.75) is 55.5 Å². The topological polar surface area (TPSA) is 114 Å². The lowest BCUT2D eigenvalue weighted by atomic mass is 9.83. The lowest BCUT2D eigenvalue weighted by Gasteiger charge is -2.42. The molecule has 2 heterocycles. The van der Waals surface area contributed by atoms with E-state index in [4.69, 9.17) is 0 Å². The molecule has 13 heteroatoms. The molecule has 0 bridgehead atoms. The molecule has 1 N–H and O–H groups in total. The summed E-state index contributed by atoms with van der Waals surface area (Å²) in [6.07, 6.45) is 3.03. The Bertz CT molecular complexity index is 1490. The molecular weight excluding hydrogens is 512 g/mol. The van der Waals surface area contributed by atoms with E-state index in [1.807, 2.05) is 18.9 Å². The van der Waals surface area contributed by atoms with E-state index in [9.17, 15) is 25.6 Å². The number of hydrogen-bond donors (Lipinski definition) is 1. The van der Waals surface area contributed by atoms with Crippen LogP contribution >= 0.6 is 0 Å². The number of benzene rings is 1. The van der Waals surface area contributed by atoms with Crippen LogP contribution in [0.4, 0.5) is 14.6 Å². The predicted octanol–water partition coefficient (Wildman–Crippen LogP) is 2.91. The second-order valence-corrected chi connectivity index (χ2v) is 13.4. The van der Waals surface area contributed by atoms with Crippen LogP contribution in [0.2, 0.25) is 0 Å². The van der Waals surface area contributed by atoms with Gasteiger partial charge in [0, 0.05) is 38.2 Å². The van der Waals surface area contributed by atoms with Crippen molar-refractivity contribution in [1.29, 1.82) is 0 Å². The van der Waals surface area contributed by atoms with Crippen molar-refractivity contribution in [2.24, 2.45) is 5.92 Å². The standard InChI is InChI=1S/C23H27F2N5O4S2/c1-15-3-5-19(6-4-15)36(33,34)30-8-7-20-21(26-14-27-22(20)30)29(2)18-9-17(10-18)28-35(31,32)13-16-11-23(24,25)12-16/h3-8,14,16-18,28H,9-13H2,1-2H3/t17-,18+. The van der Waals surface area contributed by atoms with Gasteiger partial charge in [-0.15, -0.1) is 0 Å². The predicted molar refractivity (Wildman–Crippen MR) is 131 cm³/mol. The van der Waals surface area contributed by atoms with Gasteiger partial charge in [-0.05, 0) is 43.9 Å². The Hall–Kier alpha value is -2.64. The minimum absolute atomic E-state index is 0.0270. The van der Waals surface area contributed by atoms with Gasteiger partial charge in [0.15, 0.2) is 5.65 Å². The van der Waals surface area contributed by atoms with Gasteiger partial charge in [-0.1, -0.05) is 17.7 Å². The number of anilines is 1. The first-order valence-electron chi connectivity index (χ1n) is 11.6. The molecule has 9 nitrogen and oxygen atoms in total. The largest absolute Gasteiger partial charge is 0.356 e. The number of halogens is 2. The molecule has 0 unspecified atom stereocenters. The number of alkyl halides is 2. The number of sulfonamides is 1. The van der Waals surface area contributed by atoms with Crippen LogP contribution < -0.4 is 9.62 Å². The van der Waals surface area contributed by atoms with Crippen molar-refractivity contribution in [1.82, 2.24) is 18.7 Å². The fourth-order valence-electron chi connectivity index (χ4n) is 4.90. The van der Waals surface area contributed by atoms with Crippen LogP contribution in [0.1, 0.15) is 31.2 Å². The van der Waals surface area contributed by atoms with Crippen LogP contribution in [-0.2, 0) is 20.0 Å². The van der Waals surface area contributed by atoms with Crippen LogP contribution in [0.25, 0.3) is 11.0 Å². The van der Waals surface area contributed by atoms with Crippen LogP contribution in [0.15, 0.2) is 47.8 Å². The summed E-state index contributed by atoms with van der Waals surface area (Å²) in [7, 11) is -5.67. The molecule has 0 saturated heterocycles. The molecule has 0 aliphatic heterocycles. The number of rotatable bonds is 8. The van der Waals surface area contributed by atoms with Gasteiger partial charge in [-0.3, -0.25) is 0 Å². The third-order valence-corrected chi connectivity index (χ3v) is 10.3. The zero-order valence-corrected chi connectivity index (χ0v) is 21.4. The first-order chi connectivity index (χ1) is 16.8. The van der Waals surface area contributed by atoms with Gasteiger partial charge in [0.1, 0.15) is 12.1 Å². The van der Waals surface area contributed by atoms with E-state index >= 15 is 0 Å². The Balaban J connectivity index is 1.28. The molecule has 5 rings (SSSR count). The maximum absolute atomic E-state index is 13.2. The van der Waals surface area contributed by atoms with Crippen molar-refractivity contribution in [3.63, 3.8) is 0 Å². The summed E-state index contributed by atoms with van der Waals surface area (Å²) in [5.41, 5.74) is 1.20. The van der Waals surface area contributed by atoms with Crippen molar-refractivity contribution in [3.8, 4) is 0 Å². The Kier molecular flexibility index (Phi) is 6.07. The average Bonchev–Trinajstić information content (AvgIpc) is 3.19. The maximum Gasteiger partial charge on any atom is 0.269 e. The summed E-state index contributed by atoms with van der Waals surface area (Å²) in [6.45, 7) is 1.88. The number of hydrogen-bond acceptors (Lipinski definition) is 7. The molecule has 2 saturated carbocycles. The molecule has 0 amide bonds. The van der Waals surface area contributed by atoms with Gasteiger partial charge in [-0.25, -0.2) is 44.3 Å². The van der Waals surface area contributed by atoms with Crippen LogP contribution in [0.5, 0.6) is 0 Å². The summed E-state index contributed by atoms with van der Waals surface area (Å²) in [5.74, 6) is -2.99. The fourth-order valence-corrected chi connectivity index (χ4v) is 7.86. The first kappa shape index (κ1) is 25.0. The molecule has 2 aromatic heterocycles. The minimum atomic E-state index is -3.85. The van der Waals surface area contributed by atoms with Crippen LogP contribution in [-0.4, -0.2) is 61.6 Å². The summed E-state index contributed by atoms with van der Waals surface area (Å²) in [5, 5.41) is 0.561. The van der Waals surface area contributed by atoms with Crippen LogP contribution in [0, 0.1) is 12.8 Å². The molecule has 2 aliphatic rings. The number of aromatic nitrogens is 3. The van der Waals surface area contributed by atoms with Crippen molar-refractivity contribution >= 4 is 36.9 Å². The Morgan fingerprint density at radius 3 is 2.39 bits per heavy atom. The average molecular weight is 540 g/mol. The quantitative estimate of drug-likeness (QED) is 0.468.